The SMILES string of the molecule is Cc1ccc(Cn2ncc(C(C(N)=O)c3ccc(N4CCCC4)nc3)n2)cc1C#N. The van der Waals surface area contributed by atoms with E-state index in [9.17, 15) is 10.1 Å². The van der Waals surface area contributed by atoms with E-state index in [1.165, 1.54) is 17.6 Å². The van der Waals surface area contributed by atoms with Crippen LogP contribution in [0.3, 0.4) is 0 Å². The lowest BCUT2D eigenvalue weighted by molar-refractivity contribution is -0.118. The summed E-state index contributed by atoms with van der Waals surface area (Å²) >= 11 is 0. The summed E-state index contributed by atoms with van der Waals surface area (Å²) in [5.74, 6) is -0.303. The van der Waals surface area contributed by atoms with Crippen LogP contribution < -0.4 is 10.6 Å². The Bertz CT molecular complexity index is 1090. The van der Waals surface area contributed by atoms with Gasteiger partial charge < -0.3 is 10.6 Å². The second-order valence-corrected chi connectivity index (χ2v) is 7.54. The van der Waals surface area contributed by atoms with E-state index in [0.29, 0.717) is 23.4 Å². The van der Waals surface area contributed by atoms with Gasteiger partial charge in [0.2, 0.25) is 5.91 Å². The minimum absolute atomic E-state index is 0.395. The molecule has 8 nitrogen and oxygen atoms in total. The molecule has 3 aromatic rings. The van der Waals surface area contributed by atoms with Gasteiger partial charge in [0.25, 0.3) is 0 Å². The van der Waals surface area contributed by atoms with E-state index in [-0.39, 0.29) is 0 Å². The summed E-state index contributed by atoms with van der Waals surface area (Å²) in [6.45, 7) is 4.30. The first-order valence-corrected chi connectivity index (χ1v) is 9.95. The van der Waals surface area contributed by atoms with Gasteiger partial charge in [-0.05, 0) is 48.6 Å². The molecule has 0 bridgehead atoms. The van der Waals surface area contributed by atoms with E-state index in [2.05, 4.69) is 26.2 Å². The monoisotopic (exact) mass is 401 g/mol. The molecule has 152 valence electrons. The molecular weight excluding hydrogens is 378 g/mol. The molecule has 1 aliphatic heterocycles. The van der Waals surface area contributed by atoms with Crippen molar-refractivity contribution in [1.82, 2.24) is 20.0 Å². The number of primary amides is 1. The number of nitrogens with zero attached hydrogens (tertiary/aromatic N) is 6. The van der Waals surface area contributed by atoms with Crippen molar-refractivity contribution >= 4 is 11.7 Å². The van der Waals surface area contributed by atoms with Crippen LogP contribution in [-0.2, 0) is 11.3 Å². The zero-order valence-corrected chi connectivity index (χ0v) is 16.8. The van der Waals surface area contributed by atoms with Crippen LogP contribution >= 0.6 is 0 Å². The lowest BCUT2D eigenvalue weighted by atomic mass is 9.97. The van der Waals surface area contributed by atoms with Crippen LogP contribution in [0.15, 0.2) is 42.7 Å². The molecule has 1 saturated heterocycles. The molecule has 1 fully saturated rings. The van der Waals surface area contributed by atoms with Gasteiger partial charge in [0.1, 0.15) is 11.7 Å². The number of anilines is 1. The number of nitriles is 1. The van der Waals surface area contributed by atoms with Gasteiger partial charge >= 0.3 is 0 Å². The molecule has 3 heterocycles. The standard InChI is InChI=1S/C22H23N7O/c1-15-4-5-16(10-18(15)11-23)14-29-26-13-19(27-29)21(22(24)30)17-6-7-20(25-12-17)28-8-2-3-9-28/h4-7,10,12-13,21H,2-3,8-9,14H2,1H3,(H2,24,30). The van der Waals surface area contributed by atoms with Crippen molar-refractivity contribution in [1.29, 1.82) is 5.26 Å². The Balaban J connectivity index is 1.55. The summed E-state index contributed by atoms with van der Waals surface area (Å²) in [6.07, 6.45) is 5.60. The first kappa shape index (κ1) is 19.6. The molecule has 0 spiro atoms. The molecule has 8 heteroatoms. The molecule has 1 aliphatic rings. The van der Waals surface area contributed by atoms with Crippen LogP contribution in [0.4, 0.5) is 5.82 Å². The molecule has 1 unspecified atom stereocenters. The number of hydrogen-bond acceptors (Lipinski definition) is 6. The lowest BCUT2D eigenvalue weighted by Gasteiger charge is -2.17. The van der Waals surface area contributed by atoms with Crippen LogP contribution in [0.1, 0.15) is 46.7 Å². The third-order valence-corrected chi connectivity index (χ3v) is 5.42. The summed E-state index contributed by atoms with van der Waals surface area (Å²) in [7, 11) is 0. The number of carbonyl (C=O) groups excluding carboxylic acids is 1. The number of pyridine rings is 1. The fraction of sp³-hybridized carbons (Fsp3) is 0.318. The Hall–Kier alpha value is -3.73. The fourth-order valence-electron chi connectivity index (χ4n) is 3.75. The van der Waals surface area contributed by atoms with E-state index >= 15 is 0 Å². The molecule has 0 saturated carbocycles. The first-order valence-electron chi connectivity index (χ1n) is 9.95. The maximum absolute atomic E-state index is 12.2. The molecule has 0 radical (unpaired) electrons. The minimum Gasteiger partial charge on any atom is -0.369 e. The Morgan fingerprint density at radius 3 is 2.70 bits per heavy atom. The van der Waals surface area contributed by atoms with E-state index in [4.69, 9.17) is 5.73 Å². The molecule has 0 aliphatic carbocycles. The largest absolute Gasteiger partial charge is 0.369 e. The molecule has 2 aromatic heterocycles. The van der Waals surface area contributed by atoms with E-state index in [0.717, 1.165) is 30.0 Å². The van der Waals surface area contributed by atoms with Gasteiger partial charge in [0.15, 0.2) is 0 Å². The van der Waals surface area contributed by atoms with Crippen molar-refractivity contribution in [2.24, 2.45) is 5.73 Å². The second-order valence-electron chi connectivity index (χ2n) is 7.54. The van der Waals surface area contributed by atoms with Crippen LogP contribution in [0.5, 0.6) is 0 Å². The Labute approximate surface area is 174 Å². The van der Waals surface area contributed by atoms with E-state index < -0.39 is 11.8 Å². The summed E-state index contributed by atoms with van der Waals surface area (Å²) < 4.78 is 0. The molecule has 30 heavy (non-hydrogen) atoms. The topological polar surface area (TPSA) is 114 Å². The van der Waals surface area contributed by atoms with Gasteiger partial charge in [0.05, 0.1) is 30.1 Å². The van der Waals surface area contributed by atoms with Gasteiger partial charge in [-0.2, -0.15) is 20.3 Å². The van der Waals surface area contributed by atoms with Crippen LogP contribution in [-0.4, -0.2) is 39.0 Å². The van der Waals surface area contributed by atoms with Crippen LogP contribution in [0.25, 0.3) is 0 Å². The Morgan fingerprint density at radius 1 is 1.23 bits per heavy atom. The normalized spacial score (nSPS) is 14.5. The fourth-order valence-corrected chi connectivity index (χ4v) is 3.75. The van der Waals surface area contributed by atoms with Crippen LogP contribution in [0, 0.1) is 18.3 Å². The molecular formula is C22H23N7O. The number of aryl methyl sites for hydroxylation is 1. The quantitative estimate of drug-likeness (QED) is 0.677. The van der Waals surface area contributed by atoms with Crippen molar-refractivity contribution in [2.45, 2.75) is 32.2 Å². The average molecular weight is 401 g/mol. The third-order valence-electron chi connectivity index (χ3n) is 5.42. The maximum atomic E-state index is 12.2. The highest BCUT2D eigenvalue weighted by Gasteiger charge is 2.25. The Kier molecular flexibility index (Phi) is 5.44. The summed E-state index contributed by atoms with van der Waals surface area (Å²) in [6, 6.07) is 11.7. The minimum atomic E-state index is -0.716. The number of benzene rings is 1. The third kappa shape index (κ3) is 4.01. The predicted octanol–water partition coefficient (Wildman–Crippen LogP) is 2.12. The van der Waals surface area contributed by atoms with Gasteiger partial charge in [-0.15, -0.1) is 0 Å². The molecule has 1 aromatic carbocycles. The van der Waals surface area contributed by atoms with Crippen molar-refractivity contribution < 1.29 is 4.79 Å². The Morgan fingerprint density at radius 2 is 2.03 bits per heavy atom. The number of nitrogens with two attached hydrogens (primary N) is 1. The number of rotatable bonds is 6. The predicted molar refractivity (Wildman–Crippen MR) is 112 cm³/mol. The van der Waals surface area contributed by atoms with Crippen molar-refractivity contribution in [3.05, 3.63) is 70.7 Å². The highest BCUT2D eigenvalue weighted by molar-refractivity contribution is 5.84. The van der Waals surface area contributed by atoms with Gasteiger partial charge in [0, 0.05) is 19.3 Å². The van der Waals surface area contributed by atoms with Gasteiger partial charge in [-0.3, -0.25) is 4.79 Å². The summed E-state index contributed by atoms with van der Waals surface area (Å²) in [5.41, 5.74) is 9.32. The number of amides is 1. The molecule has 4 rings (SSSR count). The molecule has 2 N–H and O–H groups in total. The molecule has 1 atom stereocenters. The van der Waals surface area contributed by atoms with E-state index in [1.807, 2.05) is 37.3 Å². The maximum Gasteiger partial charge on any atom is 0.231 e. The lowest BCUT2D eigenvalue weighted by Crippen LogP contribution is -2.24. The van der Waals surface area contributed by atoms with Gasteiger partial charge in [-0.1, -0.05) is 18.2 Å². The zero-order chi connectivity index (χ0) is 21.1. The van der Waals surface area contributed by atoms with Crippen LogP contribution in [0.2, 0.25) is 0 Å². The number of aromatic nitrogens is 4. The second kappa shape index (κ2) is 8.33. The van der Waals surface area contributed by atoms with Gasteiger partial charge in [-0.25, -0.2) is 4.98 Å². The van der Waals surface area contributed by atoms with Crippen molar-refractivity contribution in [3.8, 4) is 6.07 Å². The van der Waals surface area contributed by atoms with E-state index in [1.54, 1.807) is 12.4 Å². The highest BCUT2D eigenvalue weighted by Crippen LogP contribution is 2.25. The highest BCUT2D eigenvalue weighted by atomic mass is 16.1. The molecule has 1 amide bonds. The average Bonchev–Trinajstić information content (AvgIpc) is 3.43. The zero-order valence-electron chi connectivity index (χ0n) is 16.8. The first-order chi connectivity index (χ1) is 14.5. The summed E-state index contributed by atoms with van der Waals surface area (Å²) in [4.78, 5) is 20.5. The number of carbonyl (C=O) groups is 1. The number of hydrogen-bond donors (Lipinski definition) is 1. The van der Waals surface area contributed by atoms with Crippen molar-refractivity contribution in [2.75, 3.05) is 18.0 Å². The smallest absolute Gasteiger partial charge is 0.231 e. The van der Waals surface area contributed by atoms with Crippen molar-refractivity contribution in [3.63, 3.8) is 0 Å². The summed E-state index contributed by atoms with van der Waals surface area (Å²) in [5, 5.41) is 18.0.